The van der Waals surface area contributed by atoms with Crippen LogP contribution in [0.5, 0.6) is 0 Å². The number of benzene rings is 1. The molecule has 94 valence electrons. The van der Waals surface area contributed by atoms with Crippen molar-refractivity contribution >= 4 is 0 Å². The average molecular weight is 231 g/mol. The Balaban J connectivity index is 1.88. The quantitative estimate of drug-likeness (QED) is 0.783. The molecule has 0 heterocycles. The molecule has 17 heavy (non-hydrogen) atoms. The second kappa shape index (κ2) is 5.68. The fourth-order valence-electron chi connectivity index (χ4n) is 2.28. The first-order chi connectivity index (χ1) is 8.19. The summed E-state index contributed by atoms with van der Waals surface area (Å²) < 4.78 is 0. The number of rotatable bonds is 6. The Hall–Kier alpha value is -0.820. The molecule has 0 aliphatic heterocycles. The molecule has 0 radical (unpaired) electrons. The topological polar surface area (TPSA) is 12.0 Å². The van der Waals surface area contributed by atoms with E-state index in [9.17, 15) is 0 Å². The third kappa shape index (κ3) is 3.85. The van der Waals surface area contributed by atoms with Gasteiger partial charge in [0.15, 0.2) is 0 Å². The molecule has 1 fully saturated rings. The van der Waals surface area contributed by atoms with Crippen LogP contribution in [0.4, 0.5) is 0 Å². The van der Waals surface area contributed by atoms with Crippen LogP contribution in [0.15, 0.2) is 24.3 Å². The first-order valence-corrected chi connectivity index (χ1v) is 7.04. The van der Waals surface area contributed by atoms with E-state index < -0.39 is 0 Å². The molecule has 1 aliphatic carbocycles. The lowest BCUT2D eigenvalue weighted by Gasteiger charge is -2.14. The number of hydrogen-bond acceptors (Lipinski definition) is 1. The first kappa shape index (κ1) is 12.6. The lowest BCUT2D eigenvalue weighted by molar-refractivity contribution is 0.542. The maximum Gasteiger partial charge on any atom is 0.00817 e. The van der Waals surface area contributed by atoms with Crippen LogP contribution in [-0.2, 0) is 6.42 Å². The van der Waals surface area contributed by atoms with Gasteiger partial charge in [0.1, 0.15) is 0 Å². The normalized spacial score (nSPS) is 19.0. The minimum Gasteiger partial charge on any atom is -0.311 e. The monoisotopic (exact) mass is 231 g/mol. The van der Waals surface area contributed by atoms with Crippen molar-refractivity contribution in [1.82, 2.24) is 5.32 Å². The molecule has 1 heteroatoms. The number of hydrogen-bond donors (Lipinski definition) is 1. The molecule has 0 amide bonds. The highest BCUT2D eigenvalue weighted by molar-refractivity contribution is 5.25. The van der Waals surface area contributed by atoms with E-state index in [0.717, 1.165) is 12.5 Å². The van der Waals surface area contributed by atoms with Crippen LogP contribution >= 0.6 is 0 Å². The van der Waals surface area contributed by atoms with Gasteiger partial charge in [0.05, 0.1) is 0 Å². The van der Waals surface area contributed by atoms with Gasteiger partial charge in [-0.05, 0) is 49.7 Å². The molecule has 1 aromatic carbocycles. The summed E-state index contributed by atoms with van der Waals surface area (Å²) in [5.74, 6) is 0.686. The maximum absolute atomic E-state index is 3.65. The smallest absolute Gasteiger partial charge is 0.00817 e. The maximum atomic E-state index is 3.65. The summed E-state index contributed by atoms with van der Waals surface area (Å²) in [6.07, 6.45) is 5.12. The first-order valence-electron chi connectivity index (χ1n) is 7.04. The summed E-state index contributed by atoms with van der Waals surface area (Å²) in [6.45, 7) is 6.84. The second-order valence-electron chi connectivity index (χ2n) is 5.60. The summed E-state index contributed by atoms with van der Waals surface area (Å²) in [6, 6.07) is 10.6. The fourth-order valence-corrected chi connectivity index (χ4v) is 2.28. The second-order valence-corrected chi connectivity index (χ2v) is 5.60. The van der Waals surface area contributed by atoms with E-state index in [0.29, 0.717) is 12.0 Å². The molecule has 0 saturated heterocycles. The molecular formula is C16H25N. The van der Waals surface area contributed by atoms with Crippen LogP contribution in [0.3, 0.4) is 0 Å². The minimum absolute atomic E-state index is 0.608. The van der Waals surface area contributed by atoms with Crippen LogP contribution in [-0.4, -0.2) is 12.1 Å². The van der Waals surface area contributed by atoms with Crippen molar-refractivity contribution in [2.75, 3.05) is 0 Å². The van der Waals surface area contributed by atoms with E-state index in [1.165, 1.54) is 30.4 Å². The Morgan fingerprint density at radius 3 is 2.35 bits per heavy atom. The number of nitrogens with one attached hydrogen (secondary N) is 1. The standard InChI is InChI=1S/C16H25N/c1-4-12(2)15-7-5-14(6-8-15)11-13(3)17-16-9-10-16/h5-8,12-13,16-17H,4,9-11H2,1-3H3. The molecule has 1 nitrogen and oxygen atoms in total. The van der Waals surface area contributed by atoms with Gasteiger partial charge in [-0.1, -0.05) is 38.1 Å². The van der Waals surface area contributed by atoms with E-state index >= 15 is 0 Å². The summed E-state index contributed by atoms with van der Waals surface area (Å²) in [5.41, 5.74) is 2.93. The van der Waals surface area contributed by atoms with E-state index in [4.69, 9.17) is 0 Å². The van der Waals surface area contributed by atoms with Crippen LogP contribution < -0.4 is 5.32 Å². The van der Waals surface area contributed by atoms with Gasteiger partial charge < -0.3 is 5.32 Å². The molecule has 1 aromatic rings. The highest BCUT2D eigenvalue weighted by atomic mass is 15.0. The summed E-state index contributed by atoms with van der Waals surface area (Å²) in [5, 5.41) is 3.65. The largest absolute Gasteiger partial charge is 0.311 e. The van der Waals surface area contributed by atoms with E-state index in [2.05, 4.69) is 50.4 Å². The molecule has 2 unspecified atom stereocenters. The van der Waals surface area contributed by atoms with Crippen molar-refractivity contribution < 1.29 is 0 Å². The fraction of sp³-hybridized carbons (Fsp3) is 0.625. The summed E-state index contributed by atoms with van der Waals surface area (Å²) >= 11 is 0. The van der Waals surface area contributed by atoms with Crippen molar-refractivity contribution in [1.29, 1.82) is 0 Å². The van der Waals surface area contributed by atoms with Gasteiger partial charge in [-0.2, -0.15) is 0 Å². The zero-order valence-corrected chi connectivity index (χ0v) is 11.4. The van der Waals surface area contributed by atoms with Crippen molar-refractivity contribution in [3.05, 3.63) is 35.4 Å². The third-order valence-corrected chi connectivity index (χ3v) is 3.80. The lowest BCUT2D eigenvalue weighted by atomic mass is 9.96. The van der Waals surface area contributed by atoms with Gasteiger partial charge in [-0.3, -0.25) is 0 Å². The Morgan fingerprint density at radius 2 is 1.82 bits per heavy atom. The van der Waals surface area contributed by atoms with Crippen molar-refractivity contribution in [3.8, 4) is 0 Å². The zero-order chi connectivity index (χ0) is 12.3. The molecule has 2 atom stereocenters. The van der Waals surface area contributed by atoms with Crippen molar-refractivity contribution in [2.45, 2.75) is 64.5 Å². The van der Waals surface area contributed by atoms with Gasteiger partial charge in [0.2, 0.25) is 0 Å². The van der Waals surface area contributed by atoms with Crippen LogP contribution in [0.1, 0.15) is 57.1 Å². The van der Waals surface area contributed by atoms with Crippen LogP contribution in [0.25, 0.3) is 0 Å². The van der Waals surface area contributed by atoms with Gasteiger partial charge in [0.25, 0.3) is 0 Å². The summed E-state index contributed by atoms with van der Waals surface area (Å²) in [4.78, 5) is 0. The average Bonchev–Trinajstić information content (AvgIpc) is 3.12. The molecular weight excluding hydrogens is 206 g/mol. The highest BCUT2D eigenvalue weighted by Gasteiger charge is 2.22. The Bertz CT molecular complexity index is 337. The molecule has 0 spiro atoms. The summed E-state index contributed by atoms with van der Waals surface area (Å²) in [7, 11) is 0. The Kier molecular flexibility index (Phi) is 4.22. The Morgan fingerprint density at radius 1 is 1.18 bits per heavy atom. The van der Waals surface area contributed by atoms with Crippen LogP contribution in [0.2, 0.25) is 0 Å². The van der Waals surface area contributed by atoms with Crippen molar-refractivity contribution in [3.63, 3.8) is 0 Å². The van der Waals surface area contributed by atoms with Gasteiger partial charge in [-0.25, -0.2) is 0 Å². The van der Waals surface area contributed by atoms with E-state index in [-0.39, 0.29) is 0 Å². The molecule has 0 aromatic heterocycles. The highest BCUT2D eigenvalue weighted by Crippen LogP contribution is 2.21. The minimum atomic E-state index is 0.608. The van der Waals surface area contributed by atoms with Gasteiger partial charge in [-0.15, -0.1) is 0 Å². The van der Waals surface area contributed by atoms with Gasteiger partial charge >= 0.3 is 0 Å². The van der Waals surface area contributed by atoms with E-state index in [1.807, 2.05) is 0 Å². The van der Waals surface area contributed by atoms with E-state index in [1.54, 1.807) is 0 Å². The molecule has 1 saturated carbocycles. The third-order valence-electron chi connectivity index (χ3n) is 3.80. The molecule has 1 N–H and O–H groups in total. The predicted octanol–water partition coefficient (Wildman–Crippen LogP) is 3.88. The van der Waals surface area contributed by atoms with Gasteiger partial charge in [0, 0.05) is 12.1 Å². The van der Waals surface area contributed by atoms with Crippen LogP contribution in [0, 0.1) is 0 Å². The predicted molar refractivity (Wildman–Crippen MR) is 74.5 cm³/mol. The van der Waals surface area contributed by atoms with Crippen molar-refractivity contribution in [2.24, 2.45) is 0 Å². The SMILES string of the molecule is CCC(C)c1ccc(CC(C)NC2CC2)cc1. The molecule has 2 rings (SSSR count). The molecule has 1 aliphatic rings. The molecule has 0 bridgehead atoms. The zero-order valence-electron chi connectivity index (χ0n) is 11.4. The Labute approximate surface area is 106 Å². The lowest BCUT2D eigenvalue weighted by Crippen LogP contribution is -2.29.